The molecule has 1 unspecified atom stereocenters. The highest BCUT2D eigenvalue weighted by Gasteiger charge is 2.61. The van der Waals surface area contributed by atoms with Gasteiger partial charge in [0.25, 0.3) is 0 Å². The van der Waals surface area contributed by atoms with Crippen molar-refractivity contribution in [2.24, 2.45) is 0 Å². The van der Waals surface area contributed by atoms with E-state index in [0.717, 1.165) is 5.54 Å². The molecule has 1 heteroatoms. The molecule has 0 aliphatic heterocycles. The zero-order valence-electron chi connectivity index (χ0n) is 14.3. The van der Waals surface area contributed by atoms with E-state index in [1.165, 1.54) is 6.42 Å². The third-order valence-electron chi connectivity index (χ3n) is 4.90. The second-order valence-electron chi connectivity index (χ2n) is 8.87. The van der Waals surface area contributed by atoms with Gasteiger partial charge < -0.3 is 0 Å². The molecule has 0 bridgehead atoms. The first kappa shape index (κ1) is 17.2. The maximum Gasteiger partial charge on any atom is 0.0725 e. The van der Waals surface area contributed by atoms with Gasteiger partial charge in [-0.25, -0.2) is 0 Å². The molecule has 0 fully saturated rings. The summed E-state index contributed by atoms with van der Waals surface area (Å²) in [5, 5.41) is 1.33. The smallest absolute Gasteiger partial charge is 0.0654 e. The van der Waals surface area contributed by atoms with Crippen molar-refractivity contribution >= 4 is 8.07 Å². The number of hydrogen-bond acceptors (Lipinski definition) is 0. The third kappa shape index (κ3) is 2.64. The summed E-state index contributed by atoms with van der Waals surface area (Å²) in [6, 6.07) is 0. The van der Waals surface area contributed by atoms with Crippen molar-refractivity contribution in [3.63, 3.8) is 0 Å². The predicted octanol–water partition coefficient (Wildman–Crippen LogP) is 6.64. The molecule has 0 aromatic carbocycles. The van der Waals surface area contributed by atoms with Gasteiger partial charge in [-0.15, -0.1) is 0 Å². The van der Waals surface area contributed by atoms with E-state index >= 15 is 0 Å². The van der Waals surface area contributed by atoms with Crippen LogP contribution >= 0.6 is 0 Å². The fraction of sp³-hybridized carbons (Fsp3) is 1.00. The maximum atomic E-state index is 2.51. The van der Waals surface area contributed by atoms with E-state index in [1.54, 1.807) is 0 Å². The normalized spacial score (nSPS) is 17.1. The van der Waals surface area contributed by atoms with Crippen LogP contribution in [0.15, 0.2) is 0 Å². The van der Waals surface area contributed by atoms with Crippen LogP contribution in [0.5, 0.6) is 0 Å². The van der Waals surface area contributed by atoms with Crippen LogP contribution in [0.3, 0.4) is 0 Å². The molecule has 0 N–H and O–H groups in total. The summed E-state index contributed by atoms with van der Waals surface area (Å²) in [6.07, 6.45) is 1.32. The van der Waals surface area contributed by atoms with Crippen LogP contribution in [0.25, 0.3) is 0 Å². The highest BCUT2D eigenvalue weighted by Crippen LogP contribution is 2.67. The van der Waals surface area contributed by atoms with Gasteiger partial charge in [0.15, 0.2) is 0 Å². The summed E-state index contributed by atoms with van der Waals surface area (Å²) in [7, 11) is -1.50. The molecule has 1 atom stereocenters. The van der Waals surface area contributed by atoms with Crippen molar-refractivity contribution in [2.75, 3.05) is 0 Å². The Hall–Kier alpha value is 0.217. The molecule has 0 spiro atoms. The van der Waals surface area contributed by atoms with Gasteiger partial charge in [0.1, 0.15) is 0 Å². The van der Waals surface area contributed by atoms with E-state index in [1.807, 2.05) is 0 Å². The zero-order chi connectivity index (χ0) is 14.3. The lowest BCUT2D eigenvalue weighted by molar-refractivity contribution is 0.500. The Labute approximate surface area is 112 Å². The Balaban J connectivity index is 6.13. The molecule has 0 saturated heterocycles. The second-order valence-corrected chi connectivity index (χ2v) is 16.0. The van der Waals surface area contributed by atoms with Crippen LogP contribution in [0.1, 0.15) is 82.6 Å². The SMILES string of the molecule is CCC(C)[Si](C(C)(C)C)(C(C)(C)C)C(C)(C)C. The maximum absolute atomic E-state index is 2.51. The van der Waals surface area contributed by atoms with E-state index in [0.29, 0.717) is 15.1 Å². The molecule has 0 heterocycles. The summed E-state index contributed by atoms with van der Waals surface area (Å²) in [5.41, 5.74) is 0.863. The fourth-order valence-corrected chi connectivity index (χ4v) is 17.7. The Morgan fingerprint density at radius 2 is 0.941 bits per heavy atom. The van der Waals surface area contributed by atoms with E-state index in [2.05, 4.69) is 76.2 Å². The van der Waals surface area contributed by atoms with E-state index in [-0.39, 0.29) is 0 Å². The van der Waals surface area contributed by atoms with Crippen LogP contribution < -0.4 is 0 Å². The highest BCUT2D eigenvalue weighted by molar-refractivity contribution is 6.88. The number of rotatable bonds is 2. The molecule has 0 nitrogen and oxygen atoms in total. The lowest BCUT2D eigenvalue weighted by Gasteiger charge is -2.62. The molecule has 0 rings (SSSR count). The zero-order valence-corrected chi connectivity index (χ0v) is 15.3. The molecule has 0 saturated carbocycles. The summed E-state index contributed by atoms with van der Waals surface area (Å²) in [5.74, 6) is 0. The van der Waals surface area contributed by atoms with Gasteiger partial charge in [-0.2, -0.15) is 0 Å². The Morgan fingerprint density at radius 3 is 1.00 bits per heavy atom. The number of hydrogen-bond donors (Lipinski definition) is 0. The van der Waals surface area contributed by atoms with Gasteiger partial charge >= 0.3 is 0 Å². The summed E-state index contributed by atoms with van der Waals surface area (Å²) in [6.45, 7) is 27.3. The van der Waals surface area contributed by atoms with Crippen molar-refractivity contribution in [1.29, 1.82) is 0 Å². The molecule has 0 radical (unpaired) electrons. The minimum absolute atomic E-state index is 0.443. The van der Waals surface area contributed by atoms with E-state index in [9.17, 15) is 0 Å². The average molecular weight is 257 g/mol. The first-order chi connectivity index (χ1) is 7.23. The van der Waals surface area contributed by atoms with Crippen molar-refractivity contribution in [2.45, 2.75) is 103 Å². The summed E-state index contributed by atoms with van der Waals surface area (Å²) in [4.78, 5) is 0. The monoisotopic (exact) mass is 256 g/mol. The lowest BCUT2D eigenvalue weighted by atomic mass is 10.2. The Bertz CT molecular complexity index is 208. The largest absolute Gasteiger partial charge is 0.0725 e. The molecule has 0 aromatic rings. The van der Waals surface area contributed by atoms with Gasteiger partial charge in [-0.1, -0.05) is 82.6 Å². The highest BCUT2D eigenvalue weighted by atomic mass is 28.3. The fourth-order valence-electron chi connectivity index (χ4n) is 5.90. The Kier molecular flexibility index (Phi) is 4.78. The van der Waals surface area contributed by atoms with Crippen LogP contribution in [0.2, 0.25) is 20.7 Å². The van der Waals surface area contributed by atoms with Gasteiger partial charge in [0.05, 0.1) is 8.07 Å². The molecule has 0 amide bonds. The average Bonchev–Trinajstić information content (AvgIpc) is 1.95. The quantitative estimate of drug-likeness (QED) is 0.486. The van der Waals surface area contributed by atoms with Gasteiger partial charge in [0, 0.05) is 0 Å². The lowest BCUT2D eigenvalue weighted by Crippen LogP contribution is -2.60. The van der Waals surface area contributed by atoms with Crippen LogP contribution in [0.4, 0.5) is 0 Å². The van der Waals surface area contributed by atoms with Crippen LogP contribution in [-0.4, -0.2) is 8.07 Å². The first-order valence-electron chi connectivity index (χ1n) is 7.23. The molecule has 0 aromatic heterocycles. The van der Waals surface area contributed by atoms with Crippen LogP contribution in [-0.2, 0) is 0 Å². The molecule has 0 aliphatic carbocycles. The van der Waals surface area contributed by atoms with Crippen molar-refractivity contribution < 1.29 is 0 Å². The van der Waals surface area contributed by atoms with E-state index < -0.39 is 8.07 Å². The topological polar surface area (TPSA) is 0 Å². The van der Waals surface area contributed by atoms with Crippen LogP contribution in [0, 0.1) is 0 Å². The van der Waals surface area contributed by atoms with Gasteiger partial charge in [-0.05, 0) is 20.7 Å². The molecule has 0 aliphatic rings. The molecule has 17 heavy (non-hydrogen) atoms. The third-order valence-corrected chi connectivity index (χ3v) is 13.9. The standard InChI is InChI=1S/C16H36Si/c1-12-13(2)17(14(3,4)5,15(6,7)8)16(9,10)11/h13H,12H2,1-11H3. The predicted molar refractivity (Wildman–Crippen MR) is 84.6 cm³/mol. The summed E-state index contributed by atoms with van der Waals surface area (Å²) < 4.78 is 0. The van der Waals surface area contributed by atoms with Gasteiger partial charge in [0.2, 0.25) is 0 Å². The van der Waals surface area contributed by atoms with Crippen molar-refractivity contribution in [1.82, 2.24) is 0 Å². The van der Waals surface area contributed by atoms with Crippen molar-refractivity contribution in [3.8, 4) is 0 Å². The van der Waals surface area contributed by atoms with Crippen molar-refractivity contribution in [3.05, 3.63) is 0 Å². The molecule has 104 valence electrons. The Morgan fingerprint density at radius 1 is 0.706 bits per heavy atom. The minimum Gasteiger partial charge on any atom is -0.0654 e. The first-order valence-corrected chi connectivity index (χ1v) is 9.31. The molecular weight excluding hydrogens is 220 g/mol. The van der Waals surface area contributed by atoms with E-state index in [4.69, 9.17) is 0 Å². The second kappa shape index (κ2) is 4.72. The summed E-state index contributed by atoms with van der Waals surface area (Å²) >= 11 is 0. The molecular formula is C16H36Si. The minimum atomic E-state index is -1.50. The van der Waals surface area contributed by atoms with Gasteiger partial charge in [-0.3, -0.25) is 0 Å².